The molecule has 1 aromatic carbocycles. The molecule has 1 heterocycles. The van der Waals surface area contributed by atoms with Crippen molar-refractivity contribution in [2.24, 2.45) is 5.73 Å². The lowest BCUT2D eigenvalue weighted by molar-refractivity contribution is 0.102. The number of halogens is 1. The highest BCUT2D eigenvalue weighted by molar-refractivity contribution is 6.30. The summed E-state index contributed by atoms with van der Waals surface area (Å²) in [5, 5.41) is 10.9. The maximum atomic E-state index is 11.8. The first-order valence-corrected chi connectivity index (χ1v) is 5.74. The Bertz CT molecular complexity index is 537. The maximum absolute atomic E-state index is 11.8. The summed E-state index contributed by atoms with van der Waals surface area (Å²) in [6, 6.07) is 6.82. The van der Waals surface area contributed by atoms with Crippen LogP contribution < -0.4 is 11.1 Å². The van der Waals surface area contributed by atoms with Crippen molar-refractivity contribution in [3.8, 4) is 0 Å². The van der Waals surface area contributed by atoms with Gasteiger partial charge in [-0.05, 0) is 24.3 Å². The summed E-state index contributed by atoms with van der Waals surface area (Å²) in [5.41, 5.74) is 6.28. The van der Waals surface area contributed by atoms with E-state index in [0.29, 0.717) is 23.8 Å². The van der Waals surface area contributed by atoms with Crippen molar-refractivity contribution in [3.05, 3.63) is 41.2 Å². The highest BCUT2D eigenvalue weighted by Gasteiger charge is 2.10. The lowest BCUT2D eigenvalue weighted by atomic mass is 10.3. The number of hydrogen-bond acceptors (Lipinski definition) is 4. The summed E-state index contributed by atoms with van der Waals surface area (Å²) in [6.07, 6.45) is 1.55. The molecule has 6 nitrogen and oxygen atoms in total. The Morgan fingerprint density at radius 3 is 2.78 bits per heavy atom. The predicted octanol–water partition coefficient (Wildman–Crippen LogP) is 1.14. The number of aromatic nitrogens is 3. The van der Waals surface area contributed by atoms with Crippen molar-refractivity contribution in [1.29, 1.82) is 0 Å². The molecular formula is C11H12ClN5O. The minimum atomic E-state index is -0.319. The number of nitrogens with two attached hydrogens (primary N) is 1. The van der Waals surface area contributed by atoms with E-state index in [1.54, 1.807) is 30.5 Å². The molecule has 0 aliphatic carbocycles. The Labute approximate surface area is 109 Å². The zero-order valence-electron chi connectivity index (χ0n) is 9.51. The van der Waals surface area contributed by atoms with Crippen LogP contribution in [-0.4, -0.2) is 27.4 Å². The van der Waals surface area contributed by atoms with Crippen molar-refractivity contribution in [2.75, 3.05) is 11.9 Å². The van der Waals surface area contributed by atoms with Crippen molar-refractivity contribution < 1.29 is 4.79 Å². The van der Waals surface area contributed by atoms with Crippen LogP contribution >= 0.6 is 11.6 Å². The number of carbonyl (C=O) groups excluding carboxylic acids is 1. The van der Waals surface area contributed by atoms with Gasteiger partial charge in [0.2, 0.25) is 0 Å². The molecule has 2 rings (SSSR count). The van der Waals surface area contributed by atoms with Gasteiger partial charge in [-0.15, -0.1) is 5.10 Å². The van der Waals surface area contributed by atoms with Crippen molar-refractivity contribution in [2.45, 2.75) is 6.54 Å². The minimum absolute atomic E-state index is 0.249. The SMILES string of the molecule is NCCn1cc(C(=O)Nc2ccc(Cl)cc2)nn1. The van der Waals surface area contributed by atoms with Crippen LogP contribution in [-0.2, 0) is 6.54 Å². The van der Waals surface area contributed by atoms with Crippen LogP contribution in [0.1, 0.15) is 10.5 Å². The summed E-state index contributed by atoms with van der Waals surface area (Å²) in [5.74, 6) is -0.319. The second-order valence-electron chi connectivity index (χ2n) is 3.62. The van der Waals surface area contributed by atoms with Gasteiger partial charge < -0.3 is 11.1 Å². The number of nitrogens with zero attached hydrogens (tertiary/aromatic N) is 3. The second kappa shape index (κ2) is 5.61. The Hall–Kier alpha value is -1.92. The fourth-order valence-electron chi connectivity index (χ4n) is 1.37. The van der Waals surface area contributed by atoms with E-state index in [-0.39, 0.29) is 11.6 Å². The van der Waals surface area contributed by atoms with Gasteiger partial charge in [0.15, 0.2) is 5.69 Å². The van der Waals surface area contributed by atoms with E-state index in [1.807, 2.05) is 0 Å². The fraction of sp³-hybridized carbons (Fsp3) is 0.182. The van der Waals surface area contributed by atoms with Crippen LogP contribution in [0.25, 0.3) is 0 Å². The number of benzene rings is 1. The molecule has 7 heteroatoms. The van der Waals surface area contributed by atoms with Gasteiger partial charge in [-0.25, -0.2) is 0 Å². The zero-order valence-corrected chi connectivity index (χ0v) is 10.3. The molecule has 0 spiro atoms. The Kier molecular flexibility index (Phi) is 3.91. The van der Waals surface area contributed by atoms with Crippen LogP contribution in [0.15, 0.2) is 30.5 Å². The quantitative estimate of drug-likeness (QED) is 0.868. The monoisotopic (exact) mass is 265 g/mol. The molecule has 0 fully saturated rings. The van der Waals surface area contributed by atoms with E-state index >= 15 is 0 Å². The van der Waals surface area contributed by atoms with E-state index in [0.717, 1.165) is 0 Å². The van der Waals surface area contributed by atoms with Crippen molar-refractivity contribution >= 4 is 23.2 Å². The molecule has 3 N–H and O–H groups in total. The van der Waals surface area contributed by atoms with Crippen LogP contribution in [0.2, 0.25) is 5.02 Å². The van der Waals surface area contributed by atoms with Gasteiger partial charge in [0.05, 0.1) is 12.7 Å². The van der Waals surface area contributed by atoms with Gasteiger partial charge in [0.25, 0.3) is 5.91 Å². The molecule has 94 valence electrons. The number of carbonyl (C=O) groups is 1. The van der Waals surface area contributed by atoms with Gasteiger partial charge in [-0.2, -0.15) is 0 Å². The lowest BCUT2D eigenvalue weighted by Crippen LogP contribution is -2.12. The first-order valence-electron chi connectivity index (χ1n) is 5.36. The third-order valence-electron chi connectivity index (χ3n) is 2.23. The van der Waals surface area contributed by atoms with Gasteiger partial charge in [-0.1, -0.05) is 16.8 Å². The number of anilines is 1. The largest absolute Gasteiger partial charge is 0.329 e. The molecule has 0 bridgehead atoms. The highest BCUT2D eigenvalue weighted by Crippen LogP contribution is 2.13. The molecule has 1 aromatic heterocycles. The highest BCUT2D eigenvalue weighted by atomic mass is 35.5. The van der Waals surface area contributed by atoms with E-state index in [9.17, 15) is 4.79 Å². The first-order chi connectivity index (χ1) is 8.69. The molecule has 0 atom stereocenters. The van der Waals surface area contributed by atoms with Gasteiger partial charge in [0, 0.05) is 17.3 Å². The maximum Gasteiger partial charge on any atom is 0.277 e. The standard InChI is InChI=1S/C11H12ClN5O/c12-8-1-3-9(4-2-8)14-11(18)10-7-17(6-5-13)16-15-10/h1-4,7H,5-6,13H2,(H,14,18). The van der Waals surface area contributed by atoms with E-state index in [2.05, 4.69) is 15.6 Å². The molecular weight excluding hydrogens is 254 g/mol. The summed E-state index contributed by atoms with van der Waals surface area (Å²) in [6.45, 7) is 0.975. The van der Waals surface area contributed by atoms with E-state index in [1.165, 1.54) is 4.68 Å². The summed E-state index contributed by atoms with van der Waals surface area (Å²) in [7, 11) is 0. The minimum Gasteiger partial charge on any atom is -0.329 e. The normalized spacial score (nSPS) is 10.3. The Morgan fingerprint density at radius 2 is 2.11 bits per heavy atom. The van der Waals surface area contributed by atoms with Crippen molar-refractivity contribution in [3.63, 3.8) is 0 Å². The molecule has 0 radical (unpaired) electrons. The van der Waals surface area contributed by atoms with Crippen LogP contribution in [0, 0.1) is 0 Å². The van der Waals surface area contributed by atoms with Crippen LogP contribution in [0.4, 0.5) is 5.69 Å². The summed E-state index contributed by atoms with van der Waals surface area (Å²) >= 11 is 5.75. The van der Waals surface area contributed by atoms with Crippen molar-refractivity contribution in [1.82, 2.24) is 15.0 Å². The third kappa shape index (κ3) is 3.06. The van der Waals surface area contributed by atoms with Crippen LogP contribution in [0.5, 0.6) is 0 Å². The smallest absolute Gasteiger partial charge is 0.277 e. The summed E-state index contributed by atoms with van der Waals surface area (Å²) in [4.78, 5) is 11.8. The summed E-state index contributed by atoms with van der Waals surface area (Å²) < 4.78 is 1.52. The molecule has 2 aromatic rings. The molecule has 0 aliphatic rings. The van der Waals surface area contributed by atoms with Gasteiger partial charge >= 0.3 is 0 Å². The number of nitrogens with one attached hydrogen (secondary N) is 1. The number of hydrogen-bond donors (Lipinski definition) is 2. The Balaban J connectivity index is 2.04. The molecule has 0 saturated carbocycles. The third-order valence-corrected chi connectivity index (χ3v) is 2.48. The molecule has 0 saturated heterocycles. The number of amides is 1. The lowest BCUT2D eigenvalue weighted by Gasteiger charge is -2.02. The molecule has 0 unspecified atom stereocenters. The van der Waals surface area contributed by atoms with E-state index in [4.69, 9.17) is 17.3 Å². The zero-order chi connectivity index (χ0) is 13.0. The molecule has 0 aliphatic heterocycles. The Morgan fingerprint density at radius 1 is 1.39 bits per heavy atom. The van der Waals surface area contributed by atoms with E-state index < -0.39 is 0 Å². The average molecular weight is 266 g/mol. The van der Waals surface area contributed by atoms with Gasteiger partial charge in [-0.3, -0.25) is 9.48 Å². The average Bonchev–Trinajstić information content (AvgIpc) is 2.81. The predicted molar refractivity (Wildman–Crippen MR) is 68.5 cm³/mol. The van der Waals surface area contributed by atoms with Gasteiger partial charge in [0.1, 0.15) is 0 Å². The molecule has 1 amide bonds. The second-order valence-corrected chi connectivity index (χ2v) is 4.05. The first kappa shape index (κ1) is 12.5. The fourth-order valence-corrected chi connectivity index (χ4v) is 1.50. The number of rotatable bonds is 4. The molecule has 18 heavy (non-hydrogen) atoms. The van der Waals surface area contributed by atoms with Crippen LogP contribution in [0.3, 0.4) is 0 Å². The topological polar surface area (TPSA) is 85.8 Å².